The van der Waals surface area contributed by atoms with Gasteiger partial charge in [0.25, 0.3) is 0 Å². The highest BCUT2D eigenvalue weighted by Gasteiger charge is 2.08. The van der Waals surface area contributed by atoms with E-state index in [1.807, 2.05) is 7.05 Å². The lowest BCUT2D eigenvalue weighted by atomic mass is 10.1. The molecule has 4 heteroatoms. The lowest BCUT2D eigenvalue weighted by molar-refractivity contribution is 0.996. The van der Waals surface area contributed by atoms with Gasteiger partial charge >= 0.3 is 0 Å². The minimum atomic E-state index is 0.768. The summed E-state index contributed by atoms with van der Waals surface area (Å²) in [4.78, 5) is 10.3. The van der Waals surface area contributed by atoms with Crippen molar-refractivity contribution in [3.8, 4) is 0 Å². The number of fused-ring (bicyclic) bond motifs is 1. The van der Waals surface area contributed by atoms with Gasteiger partial charge in [-0.15, -0.1) is 11.3 Å². The van der Waals surface area contributed by atoms with Gasteiger partial charge in [-0.2, -0.15) is 0 Å². The first kappa shape index (κ1) is 12.1. The number of anilines is 1. The van der Waals surface area contributed by atoms with Crippen LogP contribution in [0.4, 0.5) is 5.82 Å². The van der Waals surface area contributed by atoms with Gasteiger partial charge in [-0.25, -0.2) is 9.97 Å². The molecule has 0 amide bonds. The van der Waals surface area contributed by atoms with Gasteiger partial charge in [-0.3, -0.25) is 0 Å². The fourth-order valence-corrected chi connectivity index (χ4v) is 2.96. The predicted molar refractivity (Wildman–Crippen MR) is 80.9 cm³/mol. The SMILES string of the molecule is CNc1nc(Cc2cccc(C)c2)nc2sccc12. The Kier molecular flexibility index (Phi) is 3.17. The van der Waals surface area contributed by atoms with Crippen LogP contribution in [0.1, 0.15) is 17.0 Å². The van der Waals surface area contributed by atoms with Crippen molar-refractivity contribution < 1.29 is 0 Å². The van der Waals surface area contributed by atoms with E-state index in [0.29, 0.717) is 0 Å². The van der Waals surface area contributed by atoms with Gasteiger partial charge in [0.15, 0.2) is 0 Å². The molecule has 0 radical (unpaired) electrons. The molecule has 0 saturated heterocycles. The lowest BCUT2D eigenvalue weighted by Gasteiger charge is -2.06. The van der Waals surface area contributed by atoms with Crippen LogP contribution in [0.3, 0.4) is 0 Å². The first-order valence-corrected chi connectivity index (χ1v) is 7.11. The van der Waals surface area contributed by atoms with Crippen LogP contribution in [0, 0.1) is 6.92 Å². The summed E-state index contributed by atoms with van der Waals surface area (Å²) < 4.78 is 0. The molecule has 96 valence electrons. The summed E-state index contributed by atoms with van der Waals surface area (Å²) in [5.74, 6) is 1.78. The summed E-state index contributed by atoms with van der Waals surface area (Å²) >= 11 is 1.65. The molecule has 0 fully saturated rings. The van der Waals surface area contributed by atoms with Crippen molar-refractivity contribution >= 4 is 27.4 Å². The highest BCUT2D eigenvalue weighted by molar-refractivity contribution is 7.16. The molecule has 0 atom stereocenters. The van der Waals surface area contributed by atoms with E-state index >= 15 is 0 Å². The number of hydrogen-bond donors (Lipinski definition) is 1. The zero-order valence-corrected chi connectivity index (χ0v) is 11.8. The molecular formula is C15H15N3S. The molecule has 0 unspecified atom stereocenters. The fraction of sp³-hybridized carbons (Fsp3) is 0.200. The molecule has 0 aliphatic heterocycles. The topological polar surface area (TPSA) is 37.8 Å². The molecule has 2 heterocycles. The minimum absolute atomic E-state index is 0.768. The Hall–Kier alpha value is -1.94. The van der Waals surface area contributed by atoms with Gasteiger partial charge < -0.3 is 5.32 Å². The van der Waals surface area contributed by atoms with Crippen molar-refractivity contribution in [2.45, 2.75) is 13.3 Å². The number of aryl methyl sites for hydroxylation is 1. The number of aromatic nitrogens is 2. The van der Waals surface area contributed by atoms with Crippen LogP contribution < -0.4 is 5.32 Å². The third-order valence-corrected chi connectivity index (χ3v) is 3.86. The van der Waals surface area contributed by atoms with Crippen LogP contribution in [-0.4, -0.2) is 17.0 Å². The summed E-state index contributed by atoms with van der Waals surface area (Å²) in [7, 11) is 1.90. The minimum Gasteiger partial charge on any atom is -0.372 e. The Morgan fingerprint density at radius 3 is 2.89 bits per heavy atom. The van der Waals surface area contributed by atoms with E-state index in [0.717, 1.165) is 28.3 Å². The van der Waals surface area contributed by atoms with Crippen molar-refractivity contribution in [3.05, 3.63) is 52.7 Å². The maximum absolute atomic E-state index is 4.64. The third-order valence-electron chi connectivity index (χ3n) is 3.05. The van der Waals surface area contributed by atoms with Crippen LogP contribution in [0.2, 0.25) is 0 Å². The van der Waals surface area contributed by atoms with E-state index in [1.165, 1.54) is 11.1 Å². The van der Waals surface area contributed by atoms with Gasteiger partial charge in [0, 0.05) is 13.5 Å². The van der Waals surface area contributed by atoms with Crippen LogP contribution in [0.25, 0.3) is 10.2 Å². The molecule has 1 N–H and O–H groups in total. The first-order chi connectivity index (χ1) is 9.26. The summed E-state index contributed by atoms with van der Waals surface area (Å²) in [6.07, 6.45) is 0.768. The number of benzene rings is 1. The van der Waals surface area contributed by atoms with Crippen molar-refractivity contribution in [2.24, 2.45) is 0 Å². The smallest absolute Gasteiger partial charge is 0.138 e. The Morgan fingerprint density at radius 1 is 1.21 bits per heavy atom. The lowest BCUT2D eigenvalue weighted by Crippen LogP contribution is -2.01. The van der Waals surface area contributed by atoms with E-state index in [4.69, 9.17) is 0 Å². The molecule has 0 aliphatic rings. The summed E-state index contributed by atoms with van der Waals surface area (Å²) in [5.41, 5.74) is 2.52. The Balaban J connectivity index is 2.01. The second kappa shape index (κ2) is 4.97. The van der Waals surface area contributed by atoms with E-state index in [-0.39, 0.29) is 0 Å². The van der Waals surface area contributed by atoms with E-state index < -0.39 is 0 Å². The molecule has 3 nitrogen and oxygen atoms in total. The standard InChI is InChI=1S/C15H15N3S/c1-10-4-3-5-11(8-10)9-13-17-14(16-2)12-6-7-19-15(12)18-13/h3-8H,9H2,1-2H3,(H,16,17,18). The Labute approximate surface area is 116 Å². The second-order valence-corrected chi connectivity index (χ2v) is 5.44. The maximum Gasteiger partial charge on any atom is 0.138 e. The monoisotopic (exact) mass is 269 g/mol. The number of thiophene rings is 1. The highest BCUT2D eigenvalue weighted by atomic mass is 32.1. The molecule has 19 heavy (non-hydrogen) atoms. The molecule has 0 spiro atoms. The van der Waals surface area contributed by atoms with Crippen molar-refractivity contribution in [3.63, 3.8) is 0 Å². The third kappa shape index (κ3) is 2.44. The molecule has 0 bridgehead atoms. The molecule has 1 aromatic carbocycles. The van der Waals surface area contributed by atoms with Gasteiger partial charge in [0.2, 0.25) is 0 Å². The van der Waals surface area contributed by atoms with Crippen molar-refractivity contribution in [1.29, 1.82) is 0 Å². The van der Waals surface area contributed by atoms with Crippen molar-refractivity contribution in [2.75, 3.05) is 12.4 Å². The quantitative estimate of drug-likeness (QED) is 0.789. The Bertz CT molecular complexity index is 718. The van der Waals surface area contributed by atoms with Crippen molar-refractivity contribution in [1.82, 2.24) is 9.97 Å². The average Bonchev–Trinajstić information content (AvgIpc) is 2.86. The van der Waals surface area contributed by atoms with Gasteiger partial charge in [-0.1, -0.05) is 29.8 Å². The number of nitrogens with one attached hydrogen (secondary N) is 1. The van der Waals surface area contributed by atoms with E-state index in [9.17, 15) is 0 Å². The van der Waals surface area contributed by atoms with Crippen LogP contribution in [0.5, 0.6) is 0 Å². The molecule has 0 aliphatic carbocycles. The second-order valence-electron chi connectivity index (χ2n) is 4.54. The Morgan fingerprint density at radius 2 is 2.11 bits per heavy atom. The normalized spacial score (nSPS) is 10.8. The van der Waals surface area contributed by atoms with Crippen LogP contribution in [0.15, 0.2) is 35.7 Å². The van der Waals surface area contributed by atoms with Gasteiger partial charge in [-0.05, 0) is 23.9 Å². The number of hydrogen-bond acceptors (Lipinski definition) is 4. The van der Waals surface area contributed by atoms with Crippen LogP contribution >= 0.6 is 11.3 Å². The molecule has 0 saturated carbocycles. The van der Waals surface area contributed by atoms with E-state index in [1.54, 1.807) is 11.3 Å². The molecule has 3 aromatic rings. The highest BCUT2D eigenvalue weighted by Crippen LogP contribution is 2.25. The molecule has 2 aromatic heterocycles. The summed E-state index contributed by atoms with van der Waals surface area (Å²) in [6, 6.07) is 10.5. The van der Waals surface area contributed by atoms with Crippen LogP contribution in [-0.2, 0) is 6.42 Å². The van der Waals surface area contributed by atoms with Gasteiger partial charge in [0.1, 0.15) is 16.5 Å². The predicted octanol–water partition coefficient (Wildman–Crippen LogP) is 3.63. The van der Waals surface area contributed by atoms with Gasteiger partial charge in [0.05, 0.1) is 5.39 Å². The van der Waals surface area contributed by atoms with E-state index in [2.05, 4.69) is 57.9 Å². The summed E-state index contributed by atoms with van der Waals surface area (Å²) in [6.45, 7) is 2.10. The largest absolute Gasteiger partial charge is 0.372 e. The number of nitrogens with zero attached hydrogens (tertiary/aromatic N) is 2. The zero-order chi connectivity index (χ0) is 13.2. The molecular weight excluding hydrogens is 254 g/mol. The number of rotatable bonds is 3. The average molecular weight is 269 g/mol. The summed E-state index contributed by atoms with van der Waals surface area (Å²) in [5, 5.41) is 6.30. The maximum atomic E-state index is 4.64. The molecule has 3 rings (SSSR count). The first-order valence-electron chi connectivity index (χ1n) is 6.23. The zero-order valence-electron chi connectivity index (χ0n) is 11.0. The fourth-order valence-electron chi connectivity index (χ4n) is 2.17.